The van der Waals surface area contributed by atoms with Crippen LogP contribution in [0.15, 0.2) is 49.2 Å². The van der Waals surface area contributed by atoms with Crippen LogP contribution >= 0.6 is 11.6 Å². The van der Waals surface area contributed by atoms with E-state index in [9.17, 15) is 0 Å². The van der Waals surface area contributed by atoms with Gasteiger partial charge in [-0.2, -0.15) is 10.2 Å². The van der Waals surface area contributed by atoms with E-state index in [1.165, 1.54) is 12.8 Å². The summed E-state index contributed by atoms with van der Waals surface area (Å²) in [4.78, 5) is 7.35. The summed E-state index contributed by atoms with van der Waals surface area (Å²) in [6.07, 6.45) is 12.0. The van der Waals surface area contributed by atoms with Gasteiger partial charge in [0.25, 0.3) is 0 Å². The van der Waals surface area contributed by atoms with Crippen LogP contribution in [0.5, 0.6) is 0 Å². The SMILES string of the molecule is Cn1cc(-c2cc(-c3ccc(N4C5CCC4CNC5)nc3)c3c(Cl)cnn3c2)cn1. The van der Waals surface area contributed by atoms with E-state index in [0.717, 1.165) is 46.7 Å². The van der Waals surface area contributed by atoms with Crippen molar-refractivity contribution in [3.63, 3.8) is 0 Å². The Morgan fingerprint density at radius 2 is 1.80 bits per heavy atom. The molecule has 2 aliphatic rings. The second-order valence-corrected chi connectivity index (χ2v) is 8.59. The summed E-state index contributed by atoms with van der Waals surface area (Å²) in [5, 5.41) is 12.9. The highest BCUT2D eigenvalue weighted by Gasteiger charge is 2.37. The molecule has 0 aliphatic carbocycles. The van der Waals surface area contributed by atoms with Gasteiger partial charge in [-0.15, -0.1) is 0 Å². The fourth-order valence-corrected chi connectivity index (χ4v) is 5.11. The predicted molar refractivity (Wildman–Crippen MR) is 118 cm³/mol. The molecule has 0 spiro atoms. The topological polar surface area (TPSA) is 63.3 Å². The van der Waals surface area contributed by atoms with Crippen molar-refractivity contribution in [1.82, 2.24) is 29.7 Å². The van der Waals surface area contributed by atoms with Gasteiger partial charge in [-0.3, -0.25) is 4.68 Å². The average Bonchev–Trinajstić information content (AvgIpc) is 3.43. The van der Waals surface area contributed by atoms with Gasteiger partial charge in [0.05, 0.1) is 22.9 Å². The van der Waals surface area contributed by atoms with Crippen molar-refractivity contribution in [2.75, 3.05) is 18.0 Å². The number of piperazine rings is 1. The molecule has 2 unspecified atom stereocenters. The third-order valence-electron chi connectivity index (χ3n) is 6.31. The summed E-state index contributed by atoms with van der Waals surface area (Å²) in [7, 11) is 1.92. The monoisotopic (exact) mass is 419 g/mol. The van der Waals surface area contributed by atoms with Crippen molar-refractivity contribution in [3.05, 3.63) is 54.2 Å². The van der Waals surface area contributed by atoms with Crippen molar-refractivity contribution >= 4 is 22.9 Å². The van der Waals surface area contributed by atoms with Crippen molar-refractivity contribution in [2.45, 2.75) is 24.9 Å². The quantitative estimate of drug-likeness (QED) is 0.551. The number of fused-ring (bicyclic) bond motifs is 3. The molecule has 2 aliphatic heterocycles. The van der Waals surface area contributed by atoms with Crippen LogP contribution in [0.25, 0.3) is 27.8 Å². The maximum atomic E-state index is 6.49. The van der Waals surface area contributed by atoms with Crippen molar-refractivity contribution < 1.29 is 0 Å². The van der Waals surface area contributed by atoms with Gasteiger partial charge in [-0.25, -0.2) is 9.50 Å². The van der Waals surface area contributed by atoms with Gasteiger partial charge in [0.2, 0.25) is 0 Å². The molecule has 7 nitrogen and oxygen atoms in total. The van der Waals surface area contributed by atoms with E-state index in [0.29, 0.717) is 17.1 Å². The first-order valence-corrected chi connectivity index (χ1v) is 10.7. The van der Waals surface area contributed by atoms with Crippen LogP contribution in [0.2, 0.25) is 5.02 Å². The van der Waals surface area contributed by atoms with Crippen LogP contribution in [0, 0.1) is 0 Å². The second kappa shape index (κ2) is 6.82. The number of pyridine rings is 2. The number of hydrogen-bond donors (Lipinski definition) is 1. The molecule has 6 heterocycles. The maximum Gasteiger partial charge on any atom is 0.129 e. The molecule has 0 aromatic carbocycles. The molecule has 30 heavy (non-hydrogen) atoms. The zero-order chi connectivity index (χ0) is 20.2. The molecule has 4 aromatic heterocycles. The molecule has 4 aromatic rings. The van der Waals surface area contributed by atoms with Crippen LogP contribution in [0.4, 0.5) is 5.82 Å². The minimum absolute atomic E-state index is 0.548. The third-order valence-corrected chi connectivity index (χ3v) is 6.59. The van der Waals surface area contributed by atoms with E-state index in [1.54, 1.807) is 10.9 Å². The Labute approximate surface area is 179 Å². The predicted octanol–water partition coefficient (Wildman–Crippen LogP) is 3.39. The lowest BCUT2D eigenvalue weighted by Gasteiger charge is -2.36. The molecule has 2 atom stereocenters. The van der Waals surface area contributed by atoms with Gasteiger partial charge in [0, 0.05) is 73.1 Å². The minimum Gasteiger partial charge on any atom is -0.348 e. The van der Waals surface area contributed by atoms with Gasteiger partial charge < -0.3 is 10.2 Å². The number of aromatic nitrogens is 5. The average molecular weight is 420 g/mol. The number of halogens is 1. The number of nitrogens with zero attached hydrogens (tertiary/aromatic N) is 6. The van der Waals surface area contributed by atoms with Crippen LogP contribution in [0.1, 0.15) is 12.8 Å². The Kier molecular flexibility index (Phi) is 4.07. The zero-order valence-electron chi connectivity index (χ0n) is 16.7. The van der Waals surface area contributed by atoms with Crippen LogP contribution in [-0.2, 0) is 7.05 Å². The highest BCUT2D eigenvalue weighted by Crippen LogP contribution is 2.35. The van der Waals surface area contributed by atoms with Gasteiger partial charge in [0.15, 0.2) is 0 Å². The highest BCUT2D eigenvalue weighted by atomic mass is 35.5. The fourth-order valence-electron chi connectivity index (χ4n) is 4.88. The first kappa shape index (κ1) is 17.9. The minimum atomic E-state index is 0.548. The Morgan fingerprint density at radius 3 is 2.50 bits per heavy atom. The summed E-state index contributed by atoms with van der Waals surface area (Å²) in [6.45, 7) is 2.08. The van der Waals surface area contributed by atoms with Gasteiger partial charge in [-0.1, -0.05) is 11.6 Å². The Balaban J connectivity index is 1.44. The fraction of sp³-hybridized carbons (Fsp3) is 0.318. The van der Waals surface area contributed by atoms with Gasteiger partial charge in [-0.05, 0) is 31.0 Å². The summed E-state index contributed by atoms with van der Waals surface area (Å²) >= 11 is 6.49. The largest absolute Gasteiger partial charge is 0.348 e. The summed E-state index contributed by atoms with van der Waals surface area (Å²) in [6, 6.07) is 7.53. The number of hydrogen-bond acceptors (Lipinski definition) is 5. The van der Waals surface area contributed by atoms with Crippen molar-refractivity contribution in [2.24, 2.45) is 7.05 Å². The van der Waals surface area contributed by atoms with E-state index in [4.69, 9.17) is 16.6 Å². The maximum absolute atomic E-state index is 6.49. The number of rotatable bonds is 3. The van der Waals surface area contributed by atoms with Gasteiger partial charge >= 0.3 is 0 Å². The molecule has 1 N–H and O–H groups in total. The lowest BCUT2D eigenvalue weighted by molar-refractivity contribution is 0.481. The number of nitrogens with one attached hydrogen (secondary N) is 1. The van der Waals surface area contributed by atoms with E-state index < -0.39 is 0 Å². The molecule has 2 saturated heterocycles. The number of anilines is 1. The lowest BCUT2D eigenvalue weighted by Crippen LogP contribution is -2.52. The van der Waals surface area contributed by atoms with E-state index >= 15 is 0 Å². The van der Waals surface area contributed by atoms with Crippen LogP contribution in [-0.4, -0.2) is 49.6 Å². The summed E-state index contributed by atoms with van der Waals surface area (Å²) in [5.74, 6) is 1.06. The number of aryl methyl sites for hydroxylation is 1. The molecular formula is C22H22ClN7. The Bertz CT molecular complexity index is 1210. The molecule has 0 amide bonds. The molecule has 6 rings (SSSR count). The van der Waals surface area contributed by atoms with Crippen LogP contribution in [0.3, 0.4) is 0 Å². The zero-order valence-corrected chi connectivity index (χ0v) is 17.4. The Hall–Kier alpha value is -2.90. The molecule has 0 radical (unpaired) electrons. The standard InChI is InChI=1S/C22H22ClN7/c1-28-12-16(8-26-28)15-6-19(22-20(23)11-27-29(22)13-15)14-2-5-21(25-7-14)30-17-3-4-18(30)10-24-9-17/h2,5-8,11-13,17-18,24H,3-4,9-10H2,1H3. The molecule has 152 valence electrons. The summed E-state index contributed by atoms with van der Waals surface area (Å²) in [5.41, 5.74) is 5.01. The molecule has 0 saturated carbocycles. The first-order valence-electron chi connectivity index (χ1n) is 10.3. The highest BCUT2D eigenvalue weighted by molar-refractivity contribution is 6.34. The lowest BCUT2D eigenvalue weighted by atomic mass is 10.0. The van der Waals surface area contributed by atoms with Gasteiger partial charge in [0.1, 0.15) is 5.82 Å². The van der Waals surface area contributed by atoms with Crippen LogP contribution < -0.4 is 10.2 Å². The third kappa shape index (κ3) is 2.80. The van der Waals surface area contributed by atoms with E-state index in [2.05, 4.69) is 38.6 Å². The normalized spacial score (nSPS) is 20.9. The smallest absolute Gasteiger partial charge is 0.129 e. The first-order chi connectivity index (χ1) is 14.7. The van der Waals surface area contributed by atoms with E-state index in [-0.39, 0.29) is 0 Å². The van der Waals surface area contributed by atoms with Crippen molar-refractivity contribution in [3.8, 4) is 22.3 Å². The second-order valence-electron chi connectivity index (χ2n) is 8.19. The molecule has 2 fully saturated rings. The van der Waals surface area contributed by atoms with Crippen molar-refractivity contribution in [1.29, 1.82) is 0 Å². The Morgan fingerprint density at radius 1 is 0.967 bits per heavy atom. The summed E-state index contributed by atoms with van der Waals surface area (Å²) < 4.78 is 3.64. The molecule has 2 bridgehead atoms. The molecular weight excluding hydrogens is 398 g/mol. The van der Waals surface area contributed by atoms with E-state index in [1.807, 2.05) is 36.4 Å². The molecule has 8 heteroatoms.